The Balaban J connectivity index is 0.00000233. The van der Waals surface area contributed by atoms with Crippen LogP contribution < -0.4 is 9.47 Å². The molecule has 0 saturated heterocycles. The van der Waals surface area contributed by atoms with Crippen molar-refractivity contribution in [1.29, 1.82) is 0 Å². The van der Waals surface area contributed by atoms with E-state index in [1.807, 2.05) is 114 Å². The number of aromatic nitrogens is 5. The molecule has 0 saturated carbocycles. The van der Waals surface area contributed by atoms with Crippen molar-refractivity contribution >= 4 is 21.8 Å². The molecule has 7 nitrogen and oxygen atoms in total. The maximum Gasteiger partial charge on any atom is 2.00 e. The van der Waals surface area contributed by atoms with Crippen LogP contribution in [0.5, 0.6) is 23.0 Å². The Labute approximate surface area is 346 Å². The van der Waals surface area contributed by atoms with Crippen LogP contribution in [-0.2, 0) is 40.8 Å². The zero-order valence-corrected chi connectivity index (χ0v) is 32.6. The predicted molar refractivity (Wildman–Crippen MR) is 206 cm³/mol. The minimum Gasteiger partial charge on any atom is -0.503 e. The molecule has 0 unspecified atom stereocenters. The molecule has 0 atom stereocenters. The monoisotopic (exact) mass is 895 g/mol. The van der Waals surface area contributed by atoms with Crippen LogP contribution in [0.25, 0.3) is 61.4 Å². The summed E-state index contributed by atoms with van der Waals surface area (Å²) in [5.41, 5.74) is 9.15. The first-order valence-electron chi connectivity index (χ1n) is 17.1. The molecule has 0 aliphatic heterocycles. The SMILES string of the molecule is Cc1cccc(C)c1-c1cnc(-n2c3[c-]c(Oc4[c-]c(-c5ccccn5)ccc4)ccc3c3ccc(Oc4[c-]c(-c5ccccn5)ccc4)[c-]c32)nc1.[Pd+2].[Pd+2]. The second kappa shape index (κ2) is 16.3. The summed E-state index contributed by atoms with van der Waals surface area (Å²) >= 11 is 0. The Morgan fingerprint density at radius 2 is 0.945 bits per heavy atom. The summed E-state index contributed by atoms with van der Waals surface area (Å²) in [6.07, 6.45) is 7.26. The molecule has 9 heteroatoms. The number of hydrogen-bond acceptors (Lipinski definition) is 6. The first-order chi connectivity index (χ1) is 26.1. The molecular weight excluding hydrogens is 867 g/mol. The second-order valence-corrected chi connectivity index (χ2v) is 12.5. The van der Waals surface area contributed by atoms with Gasteiger partial charge in [0.2, 0.25) is 5.95 Å². The summed E-state index contributed by atoms with van der Waals surface area (Å²) in [7, 11) is 0. The molecule has 55 heavy (non-hydrogen) atoms. The van der Waals surface area contributed by atoms with Crippen molar-refractivity contribution in [2.75, 3.05) is 0 Å². The Morgan fingerprint density at radius 1 is 0.473 bits per heavy atom. The predicted octanol–water partition coefficient (Wildman–Crippen LogP) is 10.8. The molecule has 0 aliphatic carbocycles. The van der Waals surface area contributed by atoms with Crippen LogP contribution in [0.4, 0.5) is 0 Å². The van der Waals surface area contributed by atoms with Crippen molar-refractivity contribution in [3.8, 4) is 62.6 Å². The molecule has 0 bridgehead atoms. The molecule has 0 N–H and O–H groups in total. The number of rotatable bonds is 8. The van der Waals surface area contributed by atoms with Gasteiger partial charge >= 0.3 is 40.8 Å². The van der Waals surface area contributed by atoms with E-state index in [9.17, 15) is 0 Å². The molecular formula is C46H29N5O2Pd2. The number of benzene rings is 5. The van der Waals surface area contributed by atoms with Crippen molar-refractivity contribution in [2.45, 2.75) is 13.8 Å². The fraction of sp³-hybridized carbons (Fsp3) is 0.0435. The van der Waals surface area contributed by atoms with Gasteiger partial charge in [0.1, 0.15) is 0 Å². The average Bonchev–Trinajstić information content (AvgIpc) is 3.52. The molecule has 4 aromatic heterocycles. The fourth-order valence-electron chi connectivity index (χ4n) is 6.58. The van der Waals surface area contributed by atoms with E-state index < -0.39 is 0 Å². The minimum atomic E-state index is 0. The molecule has 0 aliphatic rings. The molecule has 4 heterocycles. The standard InChI is InChI=1S/C46H29N5O2.2Pd/c1-30-10-7-11-31(2)45(30)34-28-49-46(50-29-34)51-43-26-37(52-35-14-8-12-32(24-35)41-16-3-5-22-47-41)18-20-39(43)40-21-19-38(27-44(40)51)53-36-15-9-13-33(25-36)42-17-4-6-23-48-42;;/h3-23,28-29H,1-2H3;;/q-4;2*+2. The largest absolute Gasteiger partial charge is 2.00 e. The van der Waals surface area contributed by atoms with E-state index in [0.29, 0.717) is 28.9 Å². The second-order valence-electron chi connectivity index (χ2n) is 12.5. The number of hydrogen-bond donors (Lipinski definition) is 0. The van der Waals surface area contributed by atoms with E-state index in [1.54, 1.807) is 12.4 Å². The van der Waals surface area contributed by atoms with Crippen LogP contribution in [-0.4, -0.2) is 24.5 Å². The van der Waals surface area contributed by atoms with Gasteiger partial charge in [0.15, 0.2) is 0 Å². The molecule has 0 radical (unpaired) electrons. The van der Waals surface area contributed by atoms with E-state index in [-0.39, 0.29) is 40.8 Å². The number of pyridine rings is 2. The van der Waals surface area contributed by atoms with Gasteiger partial charge in [-0.05, 0) is 54.1 Å². The van der Waals surface area contributed by atoms with Gasteiger partial charge in [-0.1, -0.05) is 65.6 Å². The van der Waals surface area contributed by atoms with Gasteiger partial charge in [0, 0.05) is 53.3 Å². The number of ether oxygens (including phenoxy) is 2. The van der Waals surface area contributed by atoms with E-state index in [0.717, 1.165) is 66.6 Å². The van der Waals surface area contributed by atoms with Crippen LogP contribution in [0.15, 0.2) is 140 Å². The molecule has 9 aromatic rings. The van der Waals surface area contributed by atoms with Crippen molar-refractivity contribution in [3.63, 3.8) is 0 Å². The van der Waals surface area contributed by atoms with Gasteiger partial charge in [-0.25, -0.2) is 9.97 Å². The summed E-state index contributed by atoms with van der Waals surface area (Å²) in [5, 5.41) is 1.88. The van der Waals surface area contributed by atoms with E-state index in [2.05, 4.69) is 66.3 Å². The summed E-state index contributed by atoms with van der Waals surface area (Å²) < 4.78 is 14.6. The first-order valence-corrected chi connectivity index (χ1v) is 17.1. The van der Waals surface area contributed by atoms with Gasteiger partial charge in [-0.2, -0.15) is 22.9 Å². The molecule has 270 valence electrons. The van der Waals surface area contributed by atoms with Crippen LogP contribution in [0.2, 0.25) is 0 Å². The molecule has 0 amide bonds. The van der Waals surface area contributed by atoms with Crippen LogP contribution in [0.3, 0.4) is 0 Å². The average molecular weight is 897 g/mol. The quantitative estimate of drug-likeness (QED) is 0.112. The maximum atomic E-state index is 6.35. The van der Waals surface area contributed by atoms with Crippen molar-refractivity contribution in [3.05, 3.63) is 175 Å². The number of nitrogens with zero attached hydrogens (tertiary/aromatic N) is 5. The molecule has 0 fully saturated rings. The van der Waals surface area contributed by atoms with E-state index in [4.69, 9.17) is 19.4 Å². The van der Waals surface area contributed by atoms with Gasteiger partial charge in [-0.3, -0.25) is 0 Å². The Morgan fingerprint density at radius 3 is 1.42 bits per heavy atom. The normalized spacial score (nSPS) is 10.8. The third kappa shape index (κ3) is 7.62. The topological polar surface area (TPSA) is 75.0 Å². The smallest absolute Gasteiger partial charge is 0.503 e. The van der Waals surface area contributed by atoms with Gasteiger partial charge in [-0.15, -0.1) is 71.8 Å². The zero-order chi connectivity index (χ0) is 35.7. The van der Waals surface area contributed by atoms with Gasteiger partial charge in [0.05, 0.1) is 0 Å². The Kier molecular flexibility index (Phi) is 11.1. The fourth-order valence-corrected chi connectivity index (χ4v) is 6.58. The molecule has 9 rings (SSSR count). The van der Waals surface area contributed by atoms with Crippen molar-refractivity contribution in [1.82, 2.24) is 24.5 Å². The summed E-state index contributed by atoms with van der Waals surface area (Å²) in [5.74, 6) is 2.59. The van der Waals surface area contributed by atoms with Gasteiger partial charge in [0.25, 0.3) is 0 Å². The third-order valence-corrected chi connectivity index (χ3v) is 9.00. The summed E-state index contributed by atoms with van der Waals surface area (Å²) in [6.45, 7) is 4.20. The maximum absolute atomic E-state index is 6.35. The van der Waals surface area contributed by atoms with Crippen molar-refractivity contribution in [2.24, 2.45) is 0 Å². The van der Waals surface area contributed by atoms with Crippen LogP contribution in [0.1, 0.15) is 11.1 Å². The van der Waals surface area contributed by atoms with Crippen LogP contribution >= 0.6 is 0 Å². The summed E-state index contributed by atoms with van der Waals surface area (Å²) in [6, 6.07) is 50.9. The molecule has 0 spiro atoms. The first kappa shape index (κ1) is 37.5. The summed E-state index contributed by atoms with van der Waals surface area (Å²) in [4.78, 5) is 18.7. The van der Waals surface area contributed by atoms with Gasteiger partial charge < -0.3 is 24.0 Å². The number of aryl methyl sites for hydroxylation is 2. The minimum absolute atomic E-state index is 0. The van der Waals surface area contributed by atoms with E-state index in [1.165, 1.54) is 0 Å². The van der Waals surface area contributed by atoms with Crippen molar-refractivity contribution < 1.29 is 50.3 Å². The molecule has 5 aromatic carbocycles. The van der Waals surface area contributed by atoms with Crippen LogP contribution in [0, 0.1) is 38.1 Å². The third-order valence-electron chi connectivity index (χ3n) is 9.00. The van der Waals surface area contributed by atoms with E-state index >= 15 is 0 Å². The Hall–Kier alpha value is -5.80. The number of fused-ring (bicyclic) bond motifs is 3. The Bertz CT molecular complexity index is 2590. The zero-order valence-electron chi connectivity index (χ0n) is 29.5.